The van der Waals surface area contributed by atoms with E-state index in [0.717, 1.165) is 19.3 Å². The number of anilines is 1. The van der Waals surface area contributed by atoms with Gasteiger partial charge in [0.2, 0.25) is 10.0 Å². The molecule has 0 aliphatic carbocycles. The lowest BCUT2D eigenvalue weighted by Crippen LogP contribution is -2.35. The molecular formula is C20H25N5O5S. The standard InChI is InChI=1S/C20H25N5O5S/c1-29-18-11-15(5-7-17(18)30-14-19(21)26)12-23-24-20-8-6-16(13-22-20)31(27,28)25-9-3-2-4-10-25/h5-8,11-13H,2-4,9-10,14H2,1H3,(H2,21,26)(H,22,24)/b23-12+. The molecule has 1 aliphatic heterocycles. The van der Waals surface area contributed by atoms with Crippen molar-refractivity contribution in [3.05, 3.63) is 42.1 Å². The highest BCUT2D eigenvalue weighted by atomic mass is 32.2. The highest BCUT2D eigenvalue weighted by molar-refractivity contribution is 7.89. The van der Waals surface area contributed by atoms with Crippen LogP contribution in [0.1, 0.15) is 24.8 Å². The summed E-state index contributed by atoms with van der Waals surface area (Å²) in [5.74, 6) is 0.635. The van der Waals surface area contributed by atoms with Crippen molar-refractivity contribution in [3.8, 4) is 11.5 Å². The van der Waals surface area contributed by atoms with Gasteiger partial charge in [-0.3, -0.25) is 10.2 Å². The van der Waals surface area contributed by atoms with Gasteiger partial charge in [0.1, 0.15) is 10.7 Å². The lowest BCUT2D eigenvalue weighted by atomic mass is 10.2. The molecule has 1 saturated heterocycles. The van der Waals surface area contributed by atoms with E-state index in [-0.39, 0.29) is 11.5 Å². The Morgan fingerprint density at radius 3 is 2.65 bits per heavy atom. The number of primary amides is 1. The van der Waals surface area contributed by atoms with E-state index in [1.807, 2.05) is 0 Å². The van der Waals surface area contributed by atoms with Crippen LogP contribution in [0.25, 0.3) is 0 Å². The summed E-state index contributed by atoms with van der Waals surface area (Å²) in [6.45, 7) is 0.839. The van der Waals surface area contributed by atoms with Crippen molar-refractivity contribution in [1.29, 1.82) is 0 Å². The third-order valence-corrected chi connectivity index (χ3v) is 6.52. The molecule has 1 fully saturated rings. The number of amides is 1. The topological polar surface area (TPSA) is 136 Å². The van der Waals surface area contributed by atoms with E-state index in [0.29, 0.717) is 36.0 Å². The highest BCUT2D eigenvalue weighted by Gasteiger charge is 2.26. The molecule has 0 radical (unpaired) electrons. The lowest BCUT2D eigenvalue weighted by molar-refractivity contribution is -0.119. The summed E-state index contributed by atoms with van der Waals surface area (Å²) in [5.41, 5.74) is 8.55. The van der Waals surface area contributed by atoms with Crippen LogP contribution in [-0.4, -0.2) is 56.6 Å². The molecule has 31 heavy (non-hydrogen) atoms. The maximum Gasteiger partial charge on any atom is 0.255 e. The number of nitrogens with one attached hydrogen (secondary N) is 1. The molecule has 0 bridgehead atoms. The van der Waals surface area contributed by atoms with Crippen molar-refractivity contribution in [2.75, 3.05) is 32.2 Å². The molecule has 1 aromatic heterocycles. The summed E-state index contributed by atoms with van der Waals surface area (Å²) < 4.78 is 37.3. The Hall–Kier alpha value is -3.18. The average molecular weight is 448 g/mol. The van der Waals surface area contributed by atoms with Gasteiger partial charge in [-0.15, -0.1) is 0 Å². The molecule has 2 aromatic rings. The molecule has 1 amide bonds. The van der Waals surface area contributed by atoms with Crippen LogP contribution in [-0.2, 0) is 14.8 Å². The molecule has 0 spiro atoms. The molecule has 0 unspecified atom stereocenters. The van der Waals surface area contributed by atoms with Crippen LogP contribution in [0, 0.1) is 0 Å². The zero-order valence-electron chi connectivity index (χ0n) is 17.2. The molecule has 10 nitrogen and oxygen atoms in total. The Labute approximate surface area is 181 Å². The largest absolute Gasteiger partial charge is 0.493 e. The molecule has 0 saturated carbocycles. The third-order valence-electron chi connectivity index (χ3n) is 4.64. The van der Waals surface area contributed by atoms with Gasteiger partial charge in [0, 0.05) is 19.3 Å². The number of sulfonamides is 1. The van der Waals surface area contributed by atoms with Crippen molar-refractivity contribution >= 4 is 28.0 Å². The second-order valence-corrected chi connectivity index (χ2v) is 8.82. The van der Waals surface area contributed by atoms with Crippen molar-refractivity contribution < 1.29 is 22.7 Å². The number of nitrogens with zero attached hydrogens (tertiary/aromatic N) is 3. The summed E-state index contributed by atoms with van der Waals surface area (Å²) in [5, 5.41) is 4.10. The first-order valence-corrected chi connectivity index (χ1v) is 11.2. The molecule has 3 N–H and O–H groups in total. The van der Waals surface area contributed by atoms with E-state index < -0.39 is 15.9 Å². The molecule has 1 aliphatic rings. The Kier molecular flexibility index (Phi) is 7.42. The number of nitrogens with two attached hydrogens (primary N) is 1. The van der Waals surface area contributed by atoms with Crippen LogP contribution in [0.2, 0.25) is 0 Å². The number of ether oxygens (including phenoxy) is 2. The molecule has 3 rings (SSSR count). The Morgan fingerprint density at radius 2 is 2.00 bits per heavy atom. The quantitative estimate of drug-likeness (QED) is 0.440. The summed E-state index contributed by atoms with van der Waals surface area (Å²) in [6.07, 6.45) is 5.68. The van der Waals surface area contributed by atoms with E-state index in [1.165, 1.54) is 23.7 Å². The van der Waals surface area contributed by atoms with E-state index in [4.69, 9.17) is 15.2 Å². The predicted molar refractivity (Wildman–Crippen MR) is 116 cm³/mol. The van der Waals surface area contributed by atoms with Crippen molar-refractivity contribution in [3.63, 3.8) is 0 Å². The molecule has 1 aromatic carbocycles. The van der Waals surface area contributed by atoms with Gasteiger partial charge >= 0.3 is 0 Å². The number of carbonyl (C=O) groups is 1. The van der Waals surface area contributed by atoms with E-state index >= 15 is 0 Å². The SMILES string of the molecule is COc1cc(/C=N/Nc2ccc(S(=O)(=O)N3CCCCC3)cn2)ccc1OCC(N)=O. The fourth-order valence-corrected chi connectivity index (χ4v) is 4.52. The van der Waals surface area contributed by atoms with Crippen LogP contribution >= 0.6 is 0 Å². The van der Waals surface area contributed by atoms with Gasteiger partial charge < -0.3 is 15.2 Å². The Balaban J connectivity index is 1.62. The van der Waals surface area contributed by atoms with Gasteiger partial charge in [0.05, 0.1) is 13.3 Å². The maximum absolute atomic E-state index is 12.7. The van der Waals surface area contributed by atoms with Gasteiger partial charge in [-0.1, -0.05) is 6.42 Å². The van der Waals surface area contributed by atoms with Gasteiger partial charge in [0.25, 0.3) is 5.91 Å². The molecule has 0 atom stereocenters. The first kappa shape index (κ1) is 22.5. The van der Waals surface area contributed by atoms with Crippen molar-refractivity contribution in [1.82, 2.24) is 9.29 Å². The smallest absolute Gasteiger partial charge is 0.255 e. The second-order valence-electron chi connectivity index (χ2n) is 6.88. The predicted octanol–water partition coefficient (Wildman–Crippen LogP) is 1.57. The number of pyridine rings is 1. The molecule has 166 valence electrons. The second kappa shape index (κ2) is 10.2. The highest BCUT2D eigenvalue weighted by Crippen LogP contribution is 2.27. The number of methoxy groups -OCH3 is 1. The van der Waals surface area contributed by atoms with Crippen LogP contribution in [0.15, 0.2) is 46.5 Å². The summed E-state index contributed by atoms with van der Waals surface area (Å²) in [4.78, 5) is 15.2. The number of piperidine rings is 1. The lowest BCUT2D eigenvalue weighted by Gasteiger charge is -2.25. The minimum absolute atomic E-state index is 0.167. The average Bonchev–Trinajstić information content (AvgIpc) is 2.79. The van der Waals surface area contributed by atoms with Crippen LogP contribution in [0.4, 0.5) is 5.82 Å². The van der Waals surface area contributed by atoms with Crippen molar-refractivity contribution in [2.24, 2.45) is 10.8 Å². The monoisotopic (exact) mass is 447 g/mol. The van der Waals surface area contributed by atoms with Gasteiger partial charge in [-0.05, 0) is 48.7 Å². The molecule has 11 heteroatoms. The number of aromatic nitrogens is 1. The fourth-order valence-electron chi connectivity index (χ4n) is 3.06. The fraction of sp³-hybridized carbons (Fsp3) is 0.350. The summed E-state index contributed by atoms with van der Waals surface area (Å²) in [6, 6.07) is 8.13. The number of hydrazone groups is 1. The molecular weight excluding hydrogens is 422 g/mol. The molecule has 2 heterocycles. The van der Waals surface area contributed by atoms with Gasteiger partial charge in [-0.25, -0.2) is 13.4 Å². The summed E-state index contributed by atoms with van der Waals surface area (Å²) >= 11 is 0. The zero-order valence-corrected chi connectivity index (χ0v) is 18.0. The number of carbonyl (C=O) groups excluding carboxylic acids is 1. The first-order chi connectivity index (χ1) is 14.9. The van der Waals surface area contributed by atoms with E-state index in [9.17, 15) is 13.2 Å². The van der Waals surface area contributed by atoms with E-state index in [1.54, 1.807) is 30.5 Å². The minimum atomic E-state index is -3.51. The van der Waals surface area contributed by atoms with Gasteiger partial charge in [-0.2, -0.15) is 9.41 Å². The van der Waals surface area contributed by atoms with E-state index in [2.05, 4.69) is 15.5 Å². The van der Waals surface area contributed by atoms with Gasteiger partial charge in [0.15, 0.2) is 18.1 Å². The first-order valence-electron chi connectivity index (χ1n) is 9.74. The van der Waals surface area contributed by atoms with Crippen LogP contribution in [0.5, 0.6) is 11.5 Å². The number of hydrogen-bond acceptors (Lipinski definition) is 8. The van der Waals surface area contributed by atoms with Crippen molar-refractivity contribution in [2.45, 2.75) is 24.2 Å². The number of rotatable bonds is 9. The van der Waals surface area contributed by atoms with Crippen LogP contribution in [0.3, 0.4) is 0 Å². The Bertz CT molecular complexity index is 1030. The number of hydrogen-bond donors (Lipinski definition) is 2. The van der Waals surface area contributed by atoms with Crippen LogP contribution < -0.4 is 20.6 Å². The minimum Gasteiger partial charge on any atom is -0.493 e. The maximum atomic E-state index is 12.7. The normalized spacial score (nSPS) is 15.0. The third kappa shape index (κ3) is 5.92. The number of benzene rings is 1. The summed E-state index contributed by atoms with van der Waals surface area (Å²) in [7, 11) is -2.03. The Morgan fingerprint density at radius 1 is 1.23 bits per heavy atom. The zero-order chi connectivity index (χ0) is 22.3.